The normalized spacial score (nSPS) is 14.5. The molecule has 0 fully saturated rings. The molecule has 0 aromatic heterocycles. The van der Waals surface area contributed by atoms with Gasteiger partial charge < -0.3 is 44.0 Å². The lowest BCUT2D eigenvalue weighted by molar-refractivity contribution is -0.141. The molecule has 4 atom stereocenters. The average Bonchev–Trinajstić information content (AvgIpc) is 2.69. The molecule has 12 N–H and O–H groups in total. The molecule has 0 saturated carbocycles. The lowest BCUT2D eigenvalue weighted by atomic mass is 10.1. The standard InChI is InChI=1S/C18H36N8O5/c1-10(24-15(28)12(20)6-5-9-23-18(21)22)14(27)26-13(7-3-4-8-19)16(29)25-11(2)17(30)31/h10-13H,3-9,19-20H2,1-2H3,(H,24,28)(H,25,29)(H,26,27)(H,30,31)(H4,21,22,23). The summed E-state index contributed by atoms with van der Waals surface area (Å²) in [5.41, 5.74) is 21.7. The number of nitrogens with two attached hydrogens (primary N) is 4. The lowest BCUT2D eigenvalue weighted by Crippen LogP contribution is -2.56. The van der Waals surface area contributed by atoms with Crippen molar-refractivity contribution in [1.82, 2.24) is 16.0 Å². The van der Waals surface area contributed by atoms with E-state index in [0.29, 0.717) is 38.8 Å². The number of carbonyl (C=O) groups excluding carboxylic acids is 3. The highest BCUT2D eigenvalue weighted by Crippen LogP contribution is 2.03. The minimum absolute atomic E-state index is 0.0499. The summed E-state index contributed by atoms with van der Waals surface area (Å²) < 4.78 is 0. The van der Waals surface area contributed by atoms with Crippen molar-refractivity contribution < 1.29 is 24.3 Å². The van der Waals surface area contributed by atoms with Crippen molar-refractivity contribution in [1.29, 1.82) is 0 Å². The number of rotatable bonds is 15. The number of carbonyl (C=O) groups is 4. The second kappa shape index (κ2) is 15.0. The number of amides is 3. The molecule has 0 aliphatic heterocycles. The van der Waals surface area contributed by atoms with E-state index in [1.54, 1.807) is 0 Å². The van der Waals surface area contributed by atoms with Gasteiger partial charge in [-0.1, -0.05) is 0 Å². The molecule has 13 heteroatoms. The van der Waals surface area contributed by atoms with Gasteiger partial charge in [0, 0.05) is 6.54 Å². The maximum atomic E-state index is 12.5. The topological polar surface area (TPSA) is 241 Å². The van der Waals surface area contributed by atoms with E-state index in [-0.39, 0.29) is 12.4 Å². The van der Waals surface area contributed by atoms with Crippen LogP contribution in [-0.2, 0) is 19.2 Å². The first-order valence-electron chi connectivity index (χ1n) is 10.1. The number of nitrogens with one attached hydrogen (secondary N) is 3. The van der Waals surface area contributed by atoms with Crippen LogP contribution in [0.25, 0.3) is 0 Å². The molecule has 0 aromatic rings. The second-order valence-corrected chi connectivity index (χ2v) is 7.20. The van der Waals surface area contributed by atoms with Crippen molar-refractivity contribution >= 4 is 29.7 Å². The number of carboxylic acids is 1. The monoisotopic (exact) mass is 444 g/mol. The quantitative estimate of drug-likeness (QED) is 0.0731. The van der Waals surface area contributed by atoms with E-state index in [2.05, 4.69) is 20.9 Å². The summed E-state index contributed by atoms with van der Waals surface area (Å²) in [6.07, 6.45) is 2.26. The van der Waals surface area contributed by atoms with Crippen LogP contribution in [-0.4, -0.2) is 72.0 Å². The van der Waals surface area contributed by atoms with Gasteiger partial charge in [0.1, 0.15) is 18.1 Å². The van der Waals surface area contributed by atoms with Gasteiger partial charge in [-0.3, -0.25) is 24.2 Å². The largest absolute Gasteiger partial charge is 0.480 e. The van der Waals surface area contributed by atoms with E-state index in [4.69, 9.17) is 28.0 Å². The first-order valence-corrected chi connectivity index (χ1v) is 10.1. The summed E-state index contributed by atoms with van der Waals surface area (Å²) >= 11 is 0. The maximum Gasteiger partial charge on any atom is 0.325 e. The van der Waals surface area contributed by atoms with Crippen LogP contribution in [0.3, 0.4) is 0 Å². The Bertz CT molecular complexity index is 638. The van der Waals surface area contributed by atoms with E-state index in [1.807, 2.05) is 0 Å². The molecule has 13 nitrogen and oxygen atoms in total. The highest BCUT2D eigenvalue weighted by molar-refractivity contribution is 5.93. The third-order valence-corrected chi connectivity index (χ3v) is 4.37. The van der Waals surface area contributed by atoms with Gasteiger partial charge in [0.15, 0.2) is 5.96 Å². The first-order chi connectivity index (χ1) is 14.5. The Kier molecular flexibility index (Phi) is 13.5. The van der Waals surface area contributed by atoms with Crippen LogP contribution in [0.2, 0.25) is 0 Å². The molecule has 4 unspecified atom stereocenters. The SMILES string of the molecule is CC(NC(=O)C(CCCCN)NC(=O)C(C)NC(=O)C(N)CCCN=C(N)N)C(=O)O. The van der Waals surface area contributed by atoms with Gasteiger partial charge in [-0.25, -0.2) is 0 Å². The molecule has 0 aliphatic carbocycles. The Balaban J connectivity index is 4.79. The number of nitrogens with zero attached hydrogens (tertiary/aromatic N) is 1. The fourth-order valence-electron chi connectivity index (χ4n) is 2.47. The Hall–Kier alpha value is -2.93. The summed E-state index contributed by atoms with van der Waals surface area (Å²) in [7, 11) is 0. The first kappa shape index (κ1) is 28.1. The van der Waals surface area contributed by atoms with Gasteiger partial charge in [0.25, 0.3) is 0 Å². The van der Waals surface area contributed by atoms with Gasteiger partial charge in [-0.15, -0.1) is 0 Å². The van der Waals surface area contributed by atoms with Gasteiger partial charge in [0.2, 0.25) is 17.7 Å². The Morgan fingerprint density at radius 3 is 2.03 bits per heavy atom. The van der Waals surface area contributed by atoms with Crippen LogP contribution in [0.4, 0.5) is 0 Å². The molecule has 0 bridgehead atoms. The third kappa shape index (κ3) is 12.4. The number of unbranched alkanes of at least 4 members (excludes halogenated alkanes) is 1. The van der Waals surface area contributed by atoms with Crippen molar-refractivity contribution in [3.63, 3.8) is 0 Å². The van der Waals surface area contributed by atoms with Gasteiger partial charge >= 0.3 is 5.97 Å². The van der Waals surface area contributed by atoms with Crippen molar-refractivity contribution in [2.75, 3.05) is 13.1 Å². The Morgan fingerprint density at radius 1 is 0.871 bits per heavy atom. The fraction of sp³-hybridized carbons (Fsp3) is 0.722. The van der Waals surface area contributed by atoms with Crippen molar-refractivity contribution in [3.05, 3.63) is 0 Å². The Morgan fingerprint density at radius 2 is 1.48 bits per heavy atom. The molecular weight excluding hydrogens is 408 g/mol. The summed E-state index contributed by atoms with van der Waals surface area (Å²) in [5, 5.41) is 16.3. The molecule has 0 aromatic carbocycles. The van der Waals surface area contributed by atoms with Crippen LogP contribution in [0.5, 0.6) is 0 Å². The van der Waals surface area contributed by atoms with E-state index < -0.39 is 47.9 Å². The number of hydrogen-bond donors (Lipinski definition) is 8. The van der Waals surface area contributed by atoms with Crippen LogP contribution >= 0.6 is 0 Å². The van der Waals surface area contributed by atoms with E-state index >= 15 is 0 Å². The zero-order chi connectivity index (χ0) is 24.0. The molecular formula is C18H36N8O5. The van der Waals surface area contributed by atoms with E-state index in [1.165, 1.54) is 13.8 Å². The third-order valence-electron chi connectivity index (χ3n) is 4.37. The predicted molar refractivity (Wildman–Crippen MR) is 116 cm³/mol. The zero-order valence-electron chi connectivity index (χ0n) is 18.1. The molecule has 0 saturated heterocycles. The summed E-state index contributed by atoms with van der Waals surface area (Å²) in [6.45, 7) is 3.51. The van der Waals surface area contributed by atoms with Gasteiger partial charge in [0.05, 0.1) is 6.04 Å². The van der Waals surface area contributed by atoms with E-state index in [0.717, 1.165) is 0 Å². The lowest BCUT2D eigenvalue weighted by Gasteiger charge is -2.23. The van der Waals surface area contributed by atoms with Crippen LogP contribution < -0.4 is 38.9 Å². The number of guanidine groups is 1. The predicted octanol–water partition coefficient (Wildman–Crippen LogP) is -2.92. The highest BCUT2D eigenvalue weighted by Gasteiger charge is 2.27. The summed E-state index contributed by atoms with van der Waals surface area (Å²) in [6, 6.07) is -3.90. The average molecular weight is 445 g/mol. The fourth-order valence-corrected chi connectivity index (χ4v) is 2.47. The zero-order valence-corrected chi connectivity index (χ0v) is 18.1. The number of aliphatic imine (C=N–C) groups is 1. The van der Waals surface area contributed by atoms with E-state index in [9.17, 15) is 19.2 Å². The summed E-state index contributed by atoms with van der Waals surface area (Å²) in [4.78, 5) is 51.8. The number of aliphatic carboxylic acids is 1. The molecule has 3 amide bonds. The molecule has 0 radical (unpaired) electrons. The van der Waals surface area contributed by atoms with Gasteiger partial charge in [-0.2, -0.15) is 0 Å². The second-order valence-electron chi connectivity index (χ2n) is 7.20. The van der Waals surface area contributed by atoms with Crippen LogP contribution in [0.1, 0.15) is 46.0 Å². The number of carboxylic acid groups (broad SMARTS) is 1. The van der Waals surface area contributed by atoms with Crippen molar-refractivity contribution in [3.8, 4) is 0 Å². The summed E-state index contributed by atoms with van der Waals surface area (Å²) in [5.74, 6) is -3.01. The molecule has 178 valence electrons. The van der Waals surface area contributed by atoms with Gasteiger partial charge in [-0.05, 0) is 52.5 Å². The highest BCUT2D eigenvalue weighted by atomic mass is 16.4. The van der Waals surface area contributed by atoms with Crippen LogP contribution in [0.15, 0.2) is 4.99 Å². The Labute approximate surface area is 181 Å². The number of hydrogen-bond acceptors (Lipinski definition) is 7. The van der Waals surface area contributed by atoms with Crippen LogP contribution in [0, 0.1) is 0 Å². The molecule has 31 heavy (non-hydrogen) atoms. The van der Waals surface area contributed by atoms with Crippen molar-refractivity contribution in [2.24, 2.45) is 27.9 Å². The molecule has 0 spiro atoms. The molecule has 0 heterocycles. The smallest absolute Gasteiger partial charge is 0.325 e. The molecule has 0 aliphatic rings. The molecule has 0 rings (SSSR count). The van der Waals surface area contributed by atoms with Crippen molar-refractivity contribution in [2.45, 2.75) is 70.1 Å². The minimum atomic E-state index is -1.20. The minimum Gasteiger partial charge on any atom is -0.480 e. The maximum absolute atomic E-state index is 12.5.